The summed E-state index contributed by atoms with van der Waals surface area (Å²) in [4.78, 5) is 69.4. The Morgan fingerprint density at radius 1 is 1.24 bits per heavy atom. The van der Waals surface area contributed by atoms with Crippen LogP contribution in [-0.4, -0.2) is 80.3 Å². The maximum atomic E-state index is 13.1. The van der Waals surface area contributed by atoms with Crippen LogP contribution >= 0.6 is 0 Å². The van der Waals surface area contributed by atoms with E-state index in [0.29, 0.717) is 25.1 Å². The molecule has 8 N–H and O–H groups in total. The molecule has 1 saturated heterocycles. The molecule has 1 aromatic heterocycles. The van der Waals surface area contributed by atoms with Gasteiger partial charge in [-0.1, -0.05) is 13.8 Å². The normalized spacial score (nSPS) is 18.2. The lowest BCUT2D eigenvalue weighted by Gasteiger charge is -2.29. The summed E-state index contributed by atoms with van der Waals surface area (Å²) < 4.78 is 0. The van der Waals surface area contributed by atoms with Gasteiger partial charge in [0.2, 0.25) is 23.6 Å². The molecular formula is C21H33N7O6. The van der Waals surface area contributed by atoms with Crippen LogP contribution in [0, 0.1) is 5.92 Å². The highest BCUT2D eigenvalue weighted by atomic mass is 16.4. The van der Waals surface area contributed by atoms with Gasteiger partial charge in [0, 0.05) is 24.9 Å². The summed E-state index contributed by atoms with van der Waals surface area (Å²) in [5.74, 6) is -3.97. The van der Waals surface area contributed by atoms with Gasteiger partial charge in [-0.3, -0.25) is 19.2 Å². The number of likely N-dealkylation sites (tertiary alicyclic amines) is 1. The molecule has 0 aliphatic carbocycles. The van der Waals surface area contributed by atoms with Crippen LogP contribution < -0.4 is 22.1 Å². The zero-order valence-electron chi connectivity index (χ0n) is 19.3. The SMILES string of the molecule is CC(C)CC(NC(=O)C1CCCN1C(=O)C(N)Cc1cnc[nH]1)C(=O)NC(CC(N)=O)C(=O)O. The minimum Gasteiger partial charge on any atom is -0.480 e. The standard InChI is InChI=1S/C21H33N7O6/c1-11(2)6-14(18(30)27-15(21(33)34)8-17(23)29)26-19(31)16-4-3-5-28(16)20(32)13(22)7-12-9-24-10-25-12/h9-11,13-16H,3-8,22H2,1-2H3,(H2,23,29)(H,24,25)(H,26,31)(H,27,30)(H,33,34). The lowest BCUT2D eigenvalue weighted by molar-refractivity contribution is -0.144. The van der Waals surface area contributed by atoms with E-state index in [1.165, 1.54) is 11.2 Å². The molecule has 0 aromatic carbocycles. The summed E-state index contributed by atoms with van der Waals surface area (Å²) in [5.41, 5.74) is 11.8. The zero-order valence-corrected chi connectivity index (χ0v) is 19.3. The number of nitrogens with one attached hydrogen (secondary N) is 3. The van der Waals surface area contributed by atoms with Gasteiger partial charge in [-0.25, -0.2) is 9.78 Å². The van der Waals surface area contributed by atoms with E-state index in [2.05, 4.69) is 20.6 Å². The topological polar surface area (TPSA) is 214 Å². The van der Waals surface area contributed by atoms with E-state index in [0.717, 1.165) is 0 Å². The molecule has 0 saturated carbocycles. The maximum absolute atomic E-state index is 13.1. The Kier molecular flexibility index (Phi) is 9.54. The Labute approximate surface area is 197 Å². The Morgan fingerprint density at radius 2 is 1.94 bits per heavy atom. The van der Waals surface area contributed by atoms with E-state index >= 15 is 0 Å². The van der Waals surface area contributed by atoms with Crippen molar-refractivity contribution in [2.45, 2.75) is 70.1 Å². The van der Waals surface area contributed by atoms with Crippen LogP contribution in [0.2, 0.25) is 0 Å². The number of primary amides is 1. The number of carbonyl (C=O) groups excluding carboxylic acids is 4. The minimum atomic E-state index is -1.51. The van der Waals surface area contributed by atoms with Crippen molar-refractivity contribution in [2.24, 2.45) is 17.4 Å². The summed E-state index contributed by atoms with van der Waals surface area (Å²) in [6, 6.07) is -4.24. The molecule has 1 aromatic rings. The van der Waals surface area contributed by atoms with Gasteiger partial charge in [0.1, 0.15) is 18.1 Å². The Morgan fingerprint density at radius 3 is 2.50 bits per heavy atom. The zero-order chi connectivity index (χ0) is 25.4. The summed E-state index contributed by atoms with van der Waals surface area (Å²) in [6.45, 7) is 4.03. The van der Waals surface area contributed by atoms with Crippen LogP contribution in [-0.2, 0) is 30.4 Å². The second-order valence-electron chi connectivity index (χ2n) is 8.84. The van der Waals surface area contributed by atoms with Gasteiger partial charge in [-0.15, -0.1) is 0 Å². The van der Waals surface area contributed by atoms with Gasteiger partial charge >= 0.3 is 5.97 Å². The highest BCUT2D eigenvalue weighted by Gasteiger charge is 2.38. The lowest BCUT2D eigenvalue weighted by atomic mass is 10.0. The molecule has 34 heavy (non-hydrogen) atoms. The monoisotopic (exact) mass is 479 g/mol. The number of nitrogens with two attached hydrogens (primary N) is 2. The van der Waals surface area contributed by atoms with Gasteiger partial charge in [0.15, 0.2) is 0 Å². The quantitative estimate of drug-likeness (QED) is 0.202. The van der Waals surface area contributed by atoms with Gasteiger partial charge in [-0.2, -0.15) is 0 Å². The minimum absolute atomic E-state index is 0.0143. The van der Waals surface area contributed by atoms with Crippen LogP contribution in [0.5, 0.6) is 0 Å². The molecule has 2 heterocycles. The molecular weight excluding hydrogens is 446 g/mol. The third-order valence-corrected chi connectivity index (χ3v) is 5.51. The number of rotatable bonds is 12. The first kappa shape index (κ1) is 26.8. The number of H-pyrrole nitrogens is 1. The van der Waals surface area contributed by atoms with Crippen molar-refractivity contribution in [2.75, 3.05) is 6.54 Å². The van der Waals surface area contributed by atoms with Gasteiger partial charge in [0.05, 0.1) is 18.8 Å². The Hall–Kier alpha value is -3.48. The number of hydrogen-bond acceptors (Lipinski definition) is 7. The molecule has 13 nitrogen and oxygen atoms in total. The molecule has 2 rings (SSSR count). The van der Waals surface area contributed by atoms with E-state index in [-0.39, 0.29) is 24.7 Å². The first-order chi connectivity index (χ1) is 16.0. The van der Waals surface area contributed by atoms with E-state index in [9.17, 15) is 29.1 Å². The van der Waals surface area contributed by atoms with Crippen LogP contribution in [0.3, 0.4) is 0 Å². The number of aliphatic carboxylic acids is 1. The number of carboxylic acid groups (broad SMARTS) is 1. The molecule has 0 spiro atoms. The van der Waals surface area contributed by atoms with Crippen LogP contribution in [0.25, 0.3) is 0 Å². The average molecular weight is 480 g/mol. The molecule has 13 heteroatoms. The molecule has 1 aliphatic heterocycles. The van der Waals surface area contributed by atoms with Gasteiger partial charge < -0.3 is 37.1 Å². The second kappa shape index (κ2) is 12.1. The smallest absolute Gasteiger partial charge is 0.326 e. The second-order valence-corrected chi connectivity index (χ2v) is 8.84. The van der Waals surface area contributed by atoms with Crippen molar-refractivity contribution in [1.82, 2.24) is 25.5 Å². The van der Waals surface area contributed by atoms with Crippen molar-refractivity contribution in [1.29, 1.82) is 0 Å². The lowest BCUT2D eigenvalue weighted by Crippen LogP contribution is -2.57. The molecule has 4 amide bonds. The molecule has 4 unspecified atom stereocenters. The number of nitrogens with zero attached hydrogens (tertiary/aromatic N) is 2. The van der Waals surface area contributed by atoms with Gasteiger partial charge in [-0.05, 0) is 25.2 Å². The fraction of sp³-hybridized carbons (Fsp3) is 0.619. The van der Waals surface area contributed by atoms with E-state index < -0.39 is 54.3 Å². The van der Waals surface area contributed by atoms with E-state index in [4.69, 9.17) is 11.5 Å². The van der Waals surface area contributed by atoms with Crippen molar-refractivity contribution in [3.05, 3.63) is 18.2 Å². The molecule has 4 atom stereocenters. The fourth-order valence-corrected chi connectivity index (χ4v) is 3.88. The molecule has 188 valence electrons. The van der Waals surface area contributed by atoms with Crippen LogP contribution in [0.1, 0.15) is 45.2 Å². The van der Waals surface area contributed by atoms with E-state index in [1.54, 1.807) is 6.20 Å². The number of hydrogen-bond donors (Lipinski definition) is 6. The first-order valence-corrected chi connectivity index (χ1v) is 11.1. The predicted octanol–water partition coefficient (Wildman–Crippen LogP) is -1.75. The van der Waals surface area contributed by atoms with Crippen molar-refractivity contribution < 1.29 is 29.1 Å². The average Bonchev–Trinajstić information content (AvgIpc) is 3.43. The predicted molar refractivity (Wildman–Crippen MR) is 120 cm³/mol. The van der Waals surface area contributed by atoms with Crippen molar-refractivity contribution in [3.63, 3.8) is 0 Å². The first-order valence-electron chi connectivity index (χ1n) is 11.1. The summed E-state index contributed by atoms with van der Waals surface area (Å²) in [7, 11) is 0. The number of carbonyl (C=O) groups is 5. The Bertz CT molecular complexity index is 888. The molecule has 0 radical (unpaired) electrons. The molecule has 1 fully saturated rings. The number of carboxylic acids is 1. The largest absolute Gasteiger partial charge is 0.480 e. The highest BCUT2D eigenvalue weighted by molar-refractivity contribution is 5.95. The third-order valence-electron chi connectivity index (χ3n) is 5.51. The highest BCUT2D eigenvalue weighted by Crippen LogP contribution is 2.20. The van der Waals surface area contributed by atoms with E-state index in [1.807, 2.05) is 13.8 Å². The number of amides is 4. The number of aromatic amines is 1. The third kappa shape index (κ3) is 7.54. The maximum Gasteiger partial charge on any atom is 0.326 e. The van der Waals surface area contributed by atoms with Gasteiger partial charge in [0.25, 0.3) is 0 Å². The molecule has 0 bridgehead atoms. The Balaban J connectivity index is 2.07. The van der Waals surface area contributed by atoms with Crippen LogP contribution in [0.15, 0.2) is 12.5 Å². The summed E-state index contributed by atoms with van der Waals surface area (Å²) in [5, 5.41) is 14.2. The number of aromatic nitrogens is 2. The summed E-state index contributed by atoms with van der Waals surface area (Å²) >= 11 is 0. The number of imidazole rings is 1. The van der Waals surface area contributed by atoms with Crippen molar-refractivity contribution in [3.8, 4) is 0 Å². The summed E-state index contributed by atoms with van der Waals surface area (Å²) in [6.07, 6.45) is 3.93. The molecule has 1 aliphatic rings. The van der Waals surface area contributed by atoms with Crippen molar-refractivity contribution >= 4 is 29.6 Å². The van der Waals surface area contributed by atoms with Crippen LogP contribution in [0.4, 0.5) is 0 Å². The fourth-order valence-electron chi connectivity index (χ4n) is 3.88.